The predicted octanol–water partition coefficient (Wildman–Crippen LogP) is 2.12. The van der Waals surface area contributed by atoms with Gasteiger partial charge in [0, 0.05) is 0 Å². The summed E-state index contributed by atoms with van der Waals surface area (Å²) in [5.41, 5.74) is 4.92. The van der Waals surface area contributed by atoms with Crippen LogP contribution in [0, 0.1) is 0 Å². The highest BCUT2D eigenvalue weighted by atomic mass is 35.5. The van der Waals surface area contributed by atoms with Gasteiger partial charge in [-0.3, -0.25) is 0 Å². The lowest BCUT2D eigenvalue weighted by Crippen LogP contribution is -2.15. The Balaban J connectivity index is 0.00000196. The van der Waals surface area contributed by atoms with Gasteiger partial charge >= 0.3 is 6.18 Å². The number of aliphatic hydroxyl groups is 1. The summed E-state index contributed by atoms with van der Waals surface area (Å²) in [6, 6.07) is 3.87. The minimum atomic E-state index is -4.37. The molecule has 0 fully saturated rings. The maximum absolute atomic E-state index is 12.2. The summed E-state index contributed by atoms with van der Waals surface area (Å²) in [6.45, 7) is -0.374. The second kappa shape index (κ2) is 5.34. The average Bonchev–Trinajstić information content (AvgIpc) is 2.15. The Morgan fingerprint density at radius 2 is 1.93 bits per heavy atom. The van der Waals surface area contributed by atoms with Crippen LogP contribution in [0.25, 0.3) is 0 Å². The van der Waals surface area contributed by atoms with Crippen molar-refractivity contribution in [3.63, 3.8) is 0 Å². The molecule has 0 aliphatic rings. The second-order valence-electron chi connectivity index (χ2n) is 2.91. The van der Waals surface area contributed by atoms with Gasteiger partial charge in [-0.15, -0.1) is 12.4 Å². The van der Waals surface area contributed by atoms with Crippen LogP contribution in [-0.4, -0.2) is 11.7 Å². The minimum Gasteiger partial charge on any atom is -0.394 e. The summed E-state index contributed by atoms with van der Waals surface area (Å²) in [6.07, 6.45) is -4.37. The van der Waals surface area contributed by atoms with Crippen molar-refractivity contribution in [3.8, 4) is 0 Å². The lowest BCUT2D eigenvalue weighted by molar-refractivity contribution is -0.137. The molecule has 1 aromatic carbocycles. The van der Waals surface area contributed by atoms with E-state index in [1.807, 2.05) is 0 Å². The Hall–Kier alpha value is -0.780. The molecule has 1 atom stereocenters. The first-order valence-electron chi connectivity index (χ1n) is 3.98. The van der Waals surface area contributed by atoms with Gasteiger partial charge in [0.2, 0.25) is 0 Å². The molecule has 0 unspecified atom stereocenters. The van der Waals surface area contributed by atoms with Gasteiger partial charge < -0.3 is 10.8 Å². The standard InChI is InChI=1S/C9H10F3NO.ClH/c10-9(11,12)7-3-1-2-6(4-7)8(13)5-14;/h1-4,8,14H,5,13H2;1H/t8-;/m0./s1. The van der Waals surface area contributed by atoms with Crippen molar-refractivity contribution >= 4 is 12.4 Å². The molecular weight excluding hydrogens is 231 g/mol. The predicted molar refractivity (Wildman–Crippen MR) is 52.7 cm³/mol. The van der Waals surface area contributed by atoms with Crippen LogP contribution in [0.1, 0.15) is 17.2 Å². The van der Waals surface area contributed by atoms with Gasteiger partial charge in [0.25, 0.3) is 0 Å². The molecule has 6 heteroatoms. The van der Waals surface area contributed by atoms with Crippen molar-refractivity contribution in [2.45, 2.75) is 12.2 Å². The lowest BCUT2D eigenvalue weighted by Gasteiger charge is -2.11. The number of benzene rings is 1. The van der Waals surface area contributed by atoms with Crippen molar-refractivity contribution in [3.05, 3.63) is 35.4 Å². The number of hydrogen-bond acceptors (Lipinski definition) is 2. The number of aliphatic hydroxyl groups excluding tert-OH is 1. The summed E-state index contributed by atoms with van der Waals surface area (Å²) in [4.78, 5) is 0. The number of nitrogens with two attached hydrogens (primary N) is 1. The minimum absolute atomic E-state index is 0. The van der Waals surface area contributed by atoms with Gasteiger partial charge in [-0.2, -0.15) is 13.2 Å². The number of hydrogen-bond donors (Lipinski definition) is 2. The molecule has 0 heterocycles. The highest BCUT2D eigenvalue weighted by molar-refractivity contribution is 5.85. The van der Waals surface area contributed by atoms with E-state index in [2.05, 4.69) is 0 Å². The Bertz CT molecular complexity index is 316. The molecular formula is C9H11ClF3NO. The van der Waals surface area contributed by atoms with Crippen LogP contribution in [0.2, 0.25) is 0 Å². The highest BCUT2D eigenvalue weighted by Crippen LogP contribution is 2.30. The molecule has 0 aliphatic carbocycles. The third kappa shape index (κ3) is 3.70. The van der Waals surface area contributed by atoms with E-state index in [-0.39, 0.29) is 24.6 Å². The zero-order valence-electron chi connectivity index (χ0n) is 7.66. The van der Waals surface area contributed by atoms with Gasteiger partial charge in [0.05, 0.1) is 18.2 Å². The zero-order chi connectivity index (χ0) is 10.8. The van der Waals surface area contributed by atoms with Crippen LogP contribution >= 0.6 is 12.4 Å². The fourth-order valence-electron chi connectivity index (χ4n) is 1.05. The molecule has 0 spiro atoms. The van der Waals surface area contributed by atoms with E-state index >= 15 is 0 Å². The van der Waals surface area contributed by atoms with E-state index in [4.69, 9.17) is 10.8 Å². The van der Waals surface area contributed by atoms with E-state index < -0.39 is 17.8 Å². The molecule has 86 valence electrons. The van der Waals surface area contributed by atoms with E-state index in [9.17, 15) is 13.2 Å². The van der Waals surface area contributed by atoms with Gasteiger partial charge in [0.1, 0.15) is 0 Å². The van der Waals surface area contributed by atoms with Gasteiger partial charge in [-0.25, -0.2) is 0 Å². The first-order chi connectivity index (χ1) is 6.45. The quantitative estimate of drug-likeness (QED) is 0.833. The topological polar surface area (TPSA) is 46.2 Å². The van der Waals surface area contributed by atoms with Gasteiger partial charge in [-0.05, 0) is 17.7 Å². The fraction of sp³-hybridized carbons (Fsp3) is 0.333. The summed E-state index contributed by atoms with van der Waals surface area (Å²) >= 11 is 0. The molecule has 1 aromatic rings. The molecule has 15 heavy (non-hydrogen) atoms. The maximum Gasteiger partial charge on any atom is 0.416 e. The first kappa shape index (κ1) is 14.2. The van der Waals surface area contributed by atoms with Crippen molar-refractivity contribution in [1.82, 2.24) is 0 Å². The molecule has 1 rings (SSSR count). The van der Waals surface area contributed by atoms with Crippen molar-refractivity contribution < 1.29 is 18.3 Å². The molecule has 0 bridgehead atoms. The fourth-order valence-corrected chi connectivity index (χ4v) is 1.05. The summed E-state index contributed by atoms with van der Waals surface area (Å²) in [5.74, 6) is 0. The van der Waals surface area contributed by atoms with E-state index in [1.54, 1.807) is 0 Å². The first-order valence-corrected chi connectivity index (χ1v) is 3.98. The largest absolute Gasteiger partial charge is 0.416 e. The number of halogens is 4. The molecule has 3 N–H and O–H groups in total. The third-order valence-electron chi connectivity index (χ3n) is 1.84. The molecule has 0 aliphatic heterocycles. The van der Waals surface area contributed by atoms with Crippen LogP contribution < -0.4 is 5.73 Å². The smallest absolute Gasteiger partial charge is 0.394 e. The average molecular weight is 242 g/mol. The molecule has 2 nitrogen and oxygen atoms in total. The van der Waals surface area contributed by atoms with Gasteiger partial charge in [0.15, 0.2) is 0 Å². The van der Waals surface area contributed by atoms with Gasteiger partial charge in [-0.1, -0.05) is 12.1 Å². The SMILES string of the molecule is Cl.N[C@@H](CO)c1cccc(C(F)(F)F)c1. The molecule has 0 saturated heterocycles. The van der Waals surface area contributed by atoms with Crippen LogP contribution in [0.15, 0.2) is 24.3 Å². The van der Waals surface area contributed by atoms with E-state index in [0.717, 1.165) is 12.1 Å². The Morgan fingerprint density at radius 1 is 1.33 bits per heavy atom. The van der Waals surface area contributed by atoms with Crippen molar-refractivity contribution in [2.24, 2.45) is 5.73 Å². The summed E-state index contributed by atoms with van der Waals surface area (Å²) in [5, 5.41) is 8.68. The maximum atomic E-state index is 12.2. The van der Waals surface area contributed by atoms with Crippen LogP contribution in [0.4, 0.5) is 13.2 Å². The van der Waals surface area contributed by atoms with E-state index in [1.165, 1.54) is 12.1 Å². The third-order valence-corrected chi connectivity index (χ3v) is 1.84. The van der Waals surface area contributed by atoms with Crippen LogP contribution in [-0.2, 0) is 6.18 Å². The molecule has 0 aromatic heterocycles. The highest BCUT2D eigenvalue weighted by Gasteiger charge is 2.30. The van der Waals surface area contributed by atoms with E-state index in [0.29, 0.717) is 0 Å². The zero-order valence-corrected chi connectivity index (χ0v) is 8.48. The Morgan fingerprint density at radius 3 is 2.40 bits per heavy atom. The molecule has 0 radical (unpaired) electrons. The number of alkyl halides is 3. The second-order valence-corrected chi connectivity index (χ2v) is 2.91. The summed E-state index contributed by atoms with van der Waals surface area (Å²) in [7, 11) is 0. The van der Waals surface area contributed by atoms with Crippen molar-refractivity contribution in [2.75, 3.05) is 6.61 Å². The van der Waals surface area contributed by atoms with Crippen LogP contribution in [0.5, 0.6) is 0 Å². The lowest BCUT2D eigenvalue weighted by atomic mass is 10.1. The summed E-state index contributed by atoms with van der Waals surface area (Å²) < 4.78 is 36.7. The molecule has 0 amide bonds. The van der Waals surface area contributed by atoms with Crippen molar-refractivity contribution in [1.29, 1.82) is 0 Å². The molecule has 0 saturated carbocycles. The van der Waals surface area contributed by atoms with Crippen LogP contribution in [0.3, 0.4) is 0 Å². The monoisotopic (exact) mass is 241 g/mol. The Labute approximate surface area is 91.3 Å². The normalized spacial score (nSPS) is 13.1. The Kier molecular flexibility index (Phi) is 5.07. The number of rotatable bonds is 2.